The topological polar surface area (TPSA) is 0 Å². The smallest absolute Gasteiger partial charge is 0.0624 e. The van der Waals surface area contributed by atoms with Crippen LogP contribution >= 0.6 is 23.2 Å². The molecule has 0 aliphatic heterocycles. The first kappa shape index (κ1) is 11.5. The van der Waals surface area contributed by atoms with Crippen molar-refractivity contribution in [1.29, 1.82) is 0 Å². The molecule has 0 fully saturated rings. The minimum Gasteiger partial charge on any atom is -0.0827 e. The monoisotopic (exact) mass is 250 g/mol. The van der Waals surface area contributed by atoms with E-state index in [1.165, 1.54) is 11.1 Å². The number of hydrogen-bond donors (Lipinski definition) is 0. The van der Waals surface area contributed by atoms with Gasteiger partial charge in [-0.05, 0) is 42.2 Å². The molecule has 0 aromatic heterocycles. The first-order valence-corrected chi connectivity index (χ1v) is 5.87. The number of hydrogen-bond acceptors (Lipinski definition) is 0. The Hall–Kier alpha value is -0.980. The molecular weight excluding hydrogens is 239 g/mol. The minimum atomic E-state index is 0.614. The van der Waals surface area contributed by atoms with E-state index in [4.69, 9.17) is 23.2 Å². The van der Waals surface area contributed by atoms with Gasteiger partial charge in [-0.25, -0.2) is 0 Å². The van der Waals surface area contributed by atoms with E-state index in [1.807, 2.05) is 31.2 Å². The maximum atomic E-state index is 6.11. The van der Waals surface area contributed by atoms with Crippen LogP contribution in [0.4, 0.5) is 0 Å². The van der Waals surface area contributed by atoms with Crippen LogP contribution in [0.1, 0.15) is 11.1 Å². The molecule has 0 nitrogen and oxygen atoms in total. The summed E-state index contributed by atoms with van der Waals surface area (Å²) in [5.74, 6) is 0. The lowest BCUT2D eigenvalue weighted by Gasteiger charge is -2.12. The van der Waals surface area contributed by atoms with Gasteiger partial charge in [0.05, 0.1) is 10.0 Å². The molecule has 0 heterocycles. The molecule has 0 bridgehead atoms. The van der Waals surface area contributed by atoms with Gasteiger partial charge in [-0.15, -0.1) is 0 Å². The van der Waals surface area contributed by atoms with E-state index < -0.39 is 0 Å². The van der Waals surface area contributed by atoms with Crippen molar-refractivity contribution in [1.82, 2.24) is 0 Å². The van der Waals surface area contributed by atoms with Gasteiger partial charge in [0.15, 0.2) is 0 Å². The normalized spacial score (nSPS) is 10.5. The Balaban J connectivity index is 2.68. The molecular formula is C14H12Cl2. The Bertz CT molecular complexity index is 516. The minimum absolute atomic E-state index is 0.614. The van der Waals surface area contributed by atoms with Gasteiger partial charge in [-0.3, -0.25) is 0 Å². The van der Waals surface area contributed by atoms with Gasteiger partial charge in [-0.1, -0.05) is 53.5 Å². The quantitative estimate of drug-likeness (QED) is 0.647. The SMILES string of the molecule is Cc1c(-c2ccccc2)cc(Cl)c(Cl)c1C. The summed E-state index contributed by atoms with van der Waals surface area (Å²) in [4.78, 5) is 0. The summed E-state index contributed by atoms with van der Waals surface area (Å²) in [5.41, 5.74) is 4.54. The molecule has 0 aliphatic rings. The molecule has 0 amide bonds. The first-order chi connectivity index (χ1) is 7.61. The fourth-order valence-electron chi connectivity index (χ4n) is 1.76. The largest absolute Gasteiger partial charge is 0.0827 e. The second-order valence-electron chi connectivity index (χ2n) is 3.84. The van der Waals surface area contributed by atoms with Crippen molar-refractivity contribution in [3.8, 4) is 11.1 Å². The number of rotatable bonds is 1. The van der Waals surface area contributed by atoms with Gasteiger partial charge in [0.1, 0.15) is 0 Å². The van der Waals surface area contributed by atoms with Crippen LogP contribution in [-0.4, -0.2) is 0 Å². The van der Waals surface area contributed by atoms with Crippen LogP contribution in [0.3, 0.4) is 0 Å². The van der Waals surface area contributed by atoms with Gasteiger partial charge >= 0.3 is 0 Å². The molecule has 0 radical (unpaired) electrons. The van der Waals surface area contributed by atoms with Crippen molar-refractivity contribution in [2.75, 3.05) is 0 Å². The van der Waals surface area contributed by atoms with E-state index in [0.717, 1.165) is 11.1 Å². The van der Waals surface area contributed by atoms with E-state index in [1.54, 1.807) is 0 Å². The van der Waals surface area contributed by atoms with Crippen molar-refractivity contribution in [2.45, 2.75) is 13.8 Å². The molecule has 2 aromatic carbocycles. The highest BCUT2D eigenvalue weighted by Gasteiger charge is 2.10. The van der Waals surface area contributed by atoms with Crippen molar-refractivity contribution in [2.24, 2.45) is 0 Å². The molecule has 82 valence electrons. The Morgan fingerprint density at radius 1 is 0.875 bits per heavy atom. The highest BCUT2D eigenvalue weighted by atomic mass is 35.5. The maximum absolute atomic E-state index is 6.11. The summed E-state index contributed by atoms with van der Waals surface area (Å²) >= 11 is 12.2. The zero-order valence-electron chi connectivity index (χ0n) is 9.22. The van der Waals surface area contributed by atoms with Crippen molar-refractivity contribution in [3.05, 3.63) is 57.6 Å². The molecule has 0 atom stereocenters. The summed E-state index contributed by atoms with van der Waals surface area (Å²) in [6.45, 7) is 4.07. The van der Waals surface area contributed by atoms with Crippen molar-refractivity contribution in [3.63, 3.8) is 0 Å². The highest BCUT2D eigenvalue weighted by Crippen LogP contribution is 2.35. The summed E-state index contributed by atoms with van der Waals surface area (Å²) in [6, 6.07) is 12.1. The van der Waals surface area contributed by atoms with Crippen LogP contribution in [0.2, 0.25) is 10.0 Å². The molecule has 2 rings (SSSR count). The van der Waals surface area contributed by atoms with Crippen LogP contribution in [-0.2, 0) is 0 Å². The fraction of sp³-hybridized carbons (Fsp3) is 0.143. The zero-order chi connectivity index (χ0) is 11.7. The van der Waals surface area contributed by atoms with Gasteiger partial charge in [0.25, 0.3) is 0 Å². The van der Waals surface area contributed by atoms with E-state index in [-0.39, 0.29) is 0 Å². The second-order valence-corrected chi connectivity index (χ2v) is 4.62. The van der Waals surface area contributed by atoms with Crippen LogP contribution in [0.5, 0.6) is 0 Å². The van der Waals surface area contributed by atoms with Crippen LogP contribution < -0.4 is 0 Å². The standard InChI is InChI=1S/C14H12Cl2/c1-9-10(2)14(16)13(15)8-12(9)11-6-4-3-5-7-11/h3-8H,1-2H3. The molecule has 0 saturated heterocycles. The third-order valence-corrected chi connectivity index (χ3v) is 3.74. The van der Waals surface area contributed by atoms with Gasteiger partial charge in [0.2, 0.25) is 0 Å². The summed E-state index contributed by atoms with van der Waals surface area (Å²) in [6.07, 6.45) is 0. The predicted molar refractivity (Wildman–Crippen MR) is 71.4 cm³/mol. The third kappa shape index (κ3) is 1.95. The Morgan fingerprint density at radius 3 is 2.12 bits per heavy atom. The van der Waals surface area contributed by atoms with Crippen molar-refractivity contribution >= 4 is 23.2 Å². The lowest BCUT2D eigenvalue weighted by atomic mass is 9.97. The van der Waals surface area contributed by atoms with Crippen LogP contribution in [0, 0.1) is 13.8 Å². The summed E-state index contributed by atoms with van der Waals surface area (Å²) < 4.78 is 0. The van der Waals surface area contributed by atoms with E-state index in [9.17, 15) is 0 Å². The van der Waals surface area contributed by atoms with Gasteiger partial charge in [0, 0.05) is 0 Å². The summed E-state index contributed by atoms with van der Waals surface area (Å²) in [7, 11) is 0. The predicted octanol–water partition coefficient (Wildman–Crippen LogP) is 5.28. The van der Waals surface area contributed by atoms with Gasteiger partial charge in [-0.2, -0.15) is 0 Å². The average molecular weight is 251 g/mol. The molecule has 0 saturated carbocycles. The molecule has 2 aromatic rings. The Labute approximate surface area is 106 Å². The molecule has 0 aliphatic carbocycles. The van der Waals surface area contributed by atoms with Crippen LogP contribution in [0.15, 0.2) is 36.4 Å². The average Bonchev–Trinajstić information content (AvgIpc) is 2.32. The third-order valence-electron chi connectivity index (χ3n) is 2.86. The first-order valence-electron chi connectivity index (χ1n) is 5.12. The molecule has 0 unspecified atom stereocenters. The van der Waals surface area contributed by atoms with E-state index in [2.05, 4.69) is 19.1 Å². The van der Waals surface area contributed by atoms with Gasteiger partial charge < -0.3 is 0 Å². The molecule has 2 heteroatoms. The van der Waals surface area contributed by atoms with E-state index in [0.29, 0.717) is 10.0 Å². The lowest BCUT2D eigenvalue weighted by molar-refractivity contribution is 1.34. The molecule has 0 spiro atoms. The highest BCUT2D eigenvalue weighted by molar-refractivity contribution is 6.42. The van der Waals surface area contributed by atoms with Crippen molar-refractivity contribution < 1.29 is 0 Å². The maximum Gasteiger partial charge on any atom is 0.0624 e. The number of halogens is 2. The molecule has 16 heavy (non-hydrogen) atoms. The van der Waals surface area contributed by atoms with Crippen LogP contribution in [0.25, 0.3) is 11.1 Å². The van der Waals surface area contributed by atoms with E-state index >= 15 is 0 Å². The summed E-state index contributed by atoms with van der Waals surface area (Å²) in [5, 5.41) is 1.27. The zero-order valence-corrected chi connectivity index (χ0v) is 10.7. The lowest BCUT2D eigenvalue weighted by Crippen LogP contribution is -1.89. The molecule has 0 N–H and O–H groups in total. The number of benzene rings is 2. The fourth-order valence-corrected chi connectivity index (χ4v) is 2.21. The Morgan fingerprint density at radius 2 is 1.50 bits per heavy atom. The Kier molecular flexibility index (Phi) is 3.22. The second kappa shape index (κ2) is 4.48.